The van der Waals surface area contributed by atoms with Gasteiger partial charge in [0, 0.05) is 16.8 Å². The Balaban J connectivity index is 0.000000186. The van der Waals surface area contributed by atoms with Crippen molar-refractivity contribution >= 4 is 22.1 Å². The summed E-state index contributed by atoms with van der Waals surface area (Å²) in [6.07, 6.45) is 0. The third kappa shape index (κ3) is 6.16. The molecule has 0 aliphatic carbocycles. The van der Waals surface area contributed by atoms with Gasteiger partial charge in [-0.2, -0.15) is 0 Å². The average molecular weight is 440 g/mol. The Kier molecular flexibility index (Phi) is 7.17. The van der Waals surface area contributed by atoms with Crippen molar-refractivity contribution in [1.82, 2.24) is 0 Å². The minimum absolute atomic E-state index is 0.0178. The largest absolute Gasteiger partial charge is 0.507 e. The monoisotopic (exact) mass is 439 g/mol. The summed E-state index contributed by atoms with van der Waals surface area (Å²) in [4.78, 5) is 0. The van der Waals surface area contributed by atoms with E-state index < -0.39 is 0 Å². The van der Waals surface area contributed by atoms with Gasteiger partial charge in [0.25, 0.3) is 0 Å². The number of phenolic OH excluding ortho intramolecular Hbond substituents is 1. The number of rotatable bonds is 2. The standard InChI is InChI=1S/C16H13N.C15H24O/c1-2-9-14(10-3-1)17-16-12-6-8-13-7-4-5-11-15(13)16;1-10-8-11(14(2,3)4)13(16)12(9-10)15(5,6)7/h1-12,17H;8-9,16H,1-7H3. The minimum atomic E-state index is -0.0178. The van der Waals surface area contributed by atoms with E-state index in [0.717, 1.165) is 22.5 Å². The highest BCUT2D eigenvalue weighted by Gasteiger charge is 2.25. The number of aromatic hydroxyl groups is 1. The maximum Gasteiger partial charge on any atom is 0.123 e. The van der Waals surface area contributed by atoms with E-state index in [0.29, 0.717) is 5.75 Å². The smallest absolute Gasteiger partial charge is 0.123 e. The summed E-state index contributed by atoms with van der Waals surface area (Å²) in [5.74, 6) is 0.464. The SMILES string of the molecule is Cc1cc(C(C)(C)C)c(O)c(C(C)(C)C)c1.c1ccc(Nc2cccc3ccccc23)cc1. The highest BCUT2D eigenvalue weighted by Crippen LogP contribution is 2.39. The number of fused-ring (bicyclic) bond motifs is 1. The topological polar surface area (TPSA) is 32.3 Å². The summed E-state index contributed by atoms with van der Waals surface area (Å²) in [5.41, 5.74) is 5.52. The van der Waals surface area contributed by atoms with Crippen LogP contribution in [-0.2, 0) is 10.8 Å². The summed E-state index contributed by atoms with van der Waals surface area (Å²) in [6.45, 7) is 14.9. The summed E-state index contributed by atoms with van der Waals surface area (Å²) >= 11 is 0. The molecule has 0 saturated heterocycles. The summed E-state index contributed by atoms with van der Waals surface area (Å²) < 4.78 is 0. The average Bonchev–Trinajstić information content (AvgIpc) is 2.75. The van der Waals surface area contributed by atoms with Gasteiger partial charge >= 0.3 is 0 Å². The van der Waals surface area contributed by atoms with Crippen molar-refractivity contribution in [1.29, 1.82) is 0 Å². The molecule has 0 unspecified atom stereocenters. The van der Waals surface area contributed by atoms with Gasteiger partial charge in [0.2, 0.25) is 0 Å². The van der Waals surface area contributed by atoms with Crippen molar-refractivity contribution in [2.45, 2.75) is 59.3 Å². The van der Waals surface area contributed by atoms with Crippen molar-refractivity contribution in [2.24, 2.45) is 0 Å². The van der Waals surface area contributed by atoms with Gasteiger partial charge in [-0.3, -0.25) is 0 Å². The molecule has 0 radical (unpaired) electrons. The molecule has 0 saturated carbocycles. The first kappa shape index (κ1) is 24.4. The molecular formula is C31H37NO. The van der Waals surface area contributed by atoms with Gasteiger partial charge in [0.1, 0.15) is 5.75 Å². The molecule has 2 N–H and O–H groups in total. The van der Waals surface area contributed by atoms with Crippen molar-refractivity contribution in [3.63, 3.8) is 0 Å². The molecule has 0 heterocycles. The van der Waals surface area contributed by atoms with Crippen molar-refractivity contribution in [3.05, 3.63) is 102 Å². The summed E-state index contributed by atoms with van der Waals surface area (Å²) in [7, 11) is 0. The maximum absolute atomic E-state index is 10.4. The number of para-hydroxylation sites is 1. The lowest BCUT2D eigenvalue weighted by Crippen LogP contribution is -2.17. The molecule has 0 atom stereocenters. The molecule has 4 rings (SSSR count). The zero-order valence-electron chi connectivity index (χ0n) is 21.0. The van der Waals surface area contributed by atoms with E-state index in [-0.39, 0.29) is 10.8 Å². The van der Waals surface area contributed by atoms with Crippen LogP contribution in [0.4, 0.5) is 11.4 Å². The molecule has 172 valence electrons. The number of phenols is 1. The maximum atomic E-state index is 10.4. The van der Waals surface area contributed by atoms with E-state index in [1.807, 2.05) is 18.2 Å². The fraction of sp³-hybridized carbons (Fsp3) is 0.290. The second-order valence-corrected chi connectivity index (χ2v) is 10.7. The van der Waals surface area contributed by atoms with Gasteiger partial charge in [-0.1, -0.05) is 114 Å². The first-order chi connectivity index (χ1) is 15.5. The van der Waals surface area contributed by atoms with Crippen LogP contribution < -0.4 is 5.32 Å². The van der Waals surface area contributed by atoms with Gasteiger partial charge in [0.15, 0.2) is 0 Å². The van der Waals surface area contributed by atoms with Crippen LogP contribution in [0, 0.1) is 6.92 Å². The molecule has 0 spiro atoms. The Labute approximate surface area is 199 Å². The second-order valence-electron chi connectivity index (χ2n) is 10.7. The molecule has 0 bridgehead atoms. The van der Waals surface area contributed by atoms with E-state index in [4.69, 9.17) is 0 Å². The molecule has 2 nitrogen and oxygen atoms in total. The van der Waals surface area contributed by atoms with Crippen molar-refractivity contribution < 1.29 is 5.11 Å². The molecule has 0 amide bonds. The third-order valence-corrected chi connectivity index (χ3v) is 5.71. The predicted octanol–water partition coefficient (Wildman–Crippen LogP) is 8.88. The van der Waals surface area contributed by atoms with Gasteiger partial charge in [-0.05, 0) is 52.5 Å². The van der Waals surface area contributed by atoms with Crippen LogP contribution in [0.25, 0.3) is 10.8 Å². The van der Waals surface area contributed by atoms with Crippen molar-refractivity contribution in [3.8, 4) is 5.75 Å². The quantitative estimate of drug-likeness (QED) is 0.327. The fourth-order valence-corrected chi connectivity index (χ4v) is 3.93. The molecule has 4 aromatic rings. The van der Waals surface area contributed by atoms with Gasteiger partial charge in [-0.15, -0.1) is 0 Å². The van der Waals surface area contributed by atoms with Crippen LogP contribution in [0.15, 0.2) is 84.9 Å². The van der Waals surface area contributed by atoms with Crippen LogP contribution in [0.5, 0.6) is 5.75 Å². The lowest BCUT2D eigenvalue weighted by molar-refractivity contribution is 0.423. The highest BCUT2D eigenvalue weighted by molar-refractivity contribution is 5.95. The molecule has 0 fully saturated rings. The Morgan fingerprint density at radius 3 is 1.73 bits per heavy atom. The first-order valence-electron chi connectivity index (χ1n) is 11.6. The normalized spacial score (nSPS) is 11.6. The molecule has 4 aromatic carbocycles. The number of hydrogen-bond donors (Lipinski definition) is 2. The van der Waals surface area contributed by atoms with Crippen LogP contribution in [0.3, 0.4) is 0 Å². The molecule has 0 aliphatic heterocycles. The van der Waals surface area contributed by atoms with Crippen LogP contribution in [0.1, 0.15) is 58.2 Å². The number of nitrogens with one attached hydrogen (secondary N) is 1. The van der Waals surface area contributed by atoms with Gasteiger partial charge in [-0.25, -0.2) is 0 Å². The predicted molar refractivity (Wildman–Crippen MR) is 144 cm³/mol. The molecule has 33 heavy (non-hydrogen) atoms. The zero-order chi connectivity index (χ0) is 24.2. The Hall–Kier alpha value is -3.26. The van der Waals surface area contributed by atoms with Gasteiger partial charge in [0.05, 0.1) is 0 Å². The number of aryl methyl sites for hydroxylation is 1. The van der Waals surface area contributed by atoms with E-state index in [1.54, 1.807) is 0 Å². The van der Waals surface area contributed by atoms with E-state index in [1.165, 1.54) is 16.3 Å². The van der Waals surface area contributed by atoms with Gasteiger partial charge < -0.3 is 10.4 Å². The van der Waals surface area contributed by atoms with Crippen LogP contribution >= 0.6 is 0 Å². The van der Waals surface area contributed by atoms with E-state index in [9.17, 15) is 5.11 Å². The Morgan fingerprint density at radius 2 is 1.15 bits per heavy atom. The lowest BCUT2D eigenvalue weighted by atomic mass is 9.78. The first-order valence-corrected chi connectivity index (χ1v) is 11.6. The van der Waals surface area contributed by atoms with Crippen LogP contribution in [0.2, 0.25) is 0 Å². The Morgan fingerprint density at radius 1 is 0.636 bits per heavy atom. The van der Waals surface area contributed by atoms with Crippen LogP contribution in [-0.4, -0.2) is 5.11 Å². The zero-order valence-corrected chi connectivity index (χ0v) is 21.0. The lowest BCUT2D eigenvalue weighted by Gasteiger charge is -2.27. The minimum Gasteiger partial charge on any atom is -0.507 e. The second kappa shape index (κ2) is 9.70. The van der Waals surface area contributed by atoms with E-state index in [2.05, 4.69) is 121 Å². The molecule has 0 aromatic heterocycles. The molecule has 2 heteroatoms. The number of benzene rings is 4. The van der Waals surface area contributed by atoms with Crippen molar-refractivity contribution in [2.75, 3.05) is 5.32 Å². The number of hydrogen-bond acceptors (Lipinski definition) is 2. The Bertz CT molecular complexity index is 1170. The molecule has 0 aliphatic rings. The third-order valence-electron chi connectivity index (χ3n) is 5.71. The fourth-order valence-electron chi connectivity index (χ4n) is 3.93. The molecular weight excluding hydrogens is 402 g/mol. The van der Waals surface area contributed by atoms with E-state index >= 15 is 0 Å². The summed E-state index contributed by atoms with van der Waals surface area (Å²) in [6, 6.07) is 29.1. The highest BCUT2D eigenvalue weighted by atomic mass is 16.3. The number of anilines is 2. The summed E-state index contributed by atoms with van der Waals surface area (Å²) in [5, 5.41) is 16.3.